The summed E-state index contributed by atoms with van der Waals surface area (Å²) in [7, 11) is 0. The zero-order chi connectivity index (χ0) is 11.7. The van der Waals surface area contributed by atoms with E-state index in [0.29, 0.717) is 5.52 Å². The Morgan fingerprint density at radius 3 is 2.69 bits per heavy atom. The van der Waals surface area contributed by atoms with Crippen molar-refractivity contribution in [3.05, 3.63) is 29.3 Å². The van der Waals surface area contributed by atoms with Crippen molar-refractivity contribution in [1.82, 2.24) is 4.98 Å². The number of benzene rings is 1. The molecule has 0 spiro atoms. The van der Waals surface area contributed by atoms with E-state index in [1.165, 1.54) is 0 Å². The van der Waals surface area contributed by atoms with E-state index >= 15 is 0 Å². The molecule has 0 unspecified atom stereocenters. The molecule has 2 rings (SSSR count). The predicted molar refractivity (Wildman–Crippen MR) is 55.6 cm³/mol. The van der Waals surface area contributed by atoms with Gasteiger partial charge in [-0.3, -0.25) is 0 Å². The number of aromatic nitrogens is 1. The number of hydrogen-bond donors (Lipinski definition) is 2. The van der Waals surface area contributed by atoms with Crippen molar-refractivity contribution >= 4 is 27.5 Å². The van der Waals surface area contributed by atoms with Gasteiger partial charge in [0.2, 0.25) is 0 Å². The van der Waals surface area contributed by atoms with Crippen molar-refractivity contribution < 1.29 is 20.1 Å². The average Bonchev–Trinajstić information content (AvgIpc) is 2.70. The normalized spacial score (nSPS) is 14.9. The zero-order valence-electron chi connectivity index (χ0n) is 8.03. The molecule has 2 N–H and O–H groups in total. The summed E-state index contributed by atoms with van der Waals surface area (Å²) in [5.74, 6) is -1.72. The first-order valence-corrected chi connectivity index (χ1v) is 5.33. The van der Waals surface area contributed by atoms with Gasteiger partial charge in [0.1, 0.15) is 17.2 Å². The molecule has 0 saturated heterocycles. The highest BCUT2D eigenvalue weighted by atomic mass is 32.1. The highest BCUT2D eigenvalue weighted by molar-refractivity contribution is 7.18. The summed E-state index contributed by atoms with van der Waals surface area (Å²) in [4.78, 5) is 14.4. The molecule has 2 aromatic rings. The quantitative estimate of drug-likeness (QED) is 0.747. The monoisotopic (exact) mass is 238 g/mol. The number of rotatable bonds is 3. The van der Waals surface area contributed by atoms with Gasteiger partial charge in [-0.15, -0.1) is 11.3 Å². The second-order valence-electron chi connectivity index (χ2n) is 3.23. The third-order valence-electron chi connectivity index (χ3n) is 2.10. The number of carbonyl (C=O) groups is 1. The number of aliphatic hydroxyl groups excluding tert-OH is 2. The number of carboxylic acid groups (broad SMARTS) is 1. The second-order valence-corrected chi connectivity index (χ2v) is 4.29. The number of nitrogens with zero attached hydrogens (tertiary/aromatic N) is 1. The lowest BCUT2D eigenvalue weighted by Gasteiger charge is -2.15. The minimum atomic E-state index is -1.96. The minimum Gasteiger partial charge on any atom is -0.547 e. The molecule has 1 aromatic carbocycles. The van der Waals surface area contributed by atoms with E-state index in [2.05, 4.69) is 4.98 Å². The van der Waals surface area contributed by atoms with Gasteiger partial charge in [0.15, 0.2) is 0 Å². The largest absolute Gasteiger partial charge is 0.547 e. The number of hydrogen-bond acceptors (Lipinski definition) is 6. The first-order chi connectivity index (χ1) is 7.59. The smallest absolute Gasteiger partial charge is 0.137 e. The molecule has 1 heterocycles. The molecule has 1 aromatic heterocycles. The van der Waals surface area contributed by atoms with Crippen LogP contribution in [-0.4, -0.2) is 27.3 Å². The molecule has 0 saturated carbocycles. The number of para-hydroxylation sites is 1. The van der Waals surface area contributed by atoms with Crippen LogP contribution >= 0.6 is 11.3 Å². The molecule has 16 heavy (non-hydrogen) atoms. The van der Waals surface area contributed by atoms with E-state index < -0.39 is 18.2 Å². The molecule has 2 atom stereocenters. The summed E-state index contributed by atoms with van der Waals surface area (Å²) in [6, 6.07) is 7.14. The fraction of sp³-hybridized carbons (Fsp3) is 0.200. The number of aliphatic carboxylic acids is 1. The zero-order valence-corrected chi connectivity index (χ0v) is 8.85. The van der Waals surface area contributed by atoms with Crippen molar-refractivity contribution in [2.24, 2.45) is 0 Å². The fourth-order valence-electron chi connectivity index (χ4n) is 1.28. The summed E-state index contributed by atoms with van der Waals surface area (Å²) >= 11 is 1.14. The van der Waals surface area contributed by atoms with E-state index in [1.807, 2.05) is 6.07 Å². The van der Waals surface area contributed by atoms with Gasteiger partial charge in [0.25, 0.3) is 0 Å². The Morgan fingerprint density at radius 2 is 2.06 bits per heavy atom. The fourth-order valence-corrected chi connectivity index (χ4v) is 2.26. The molecule has 0 bridgehead atoms. The van der Waals surface area contributed by atoms with Crippen molar-refractivity contribution in [3.8, 4) is 0 Å². The Balaban J connectivity index is 2.36. The van der Waals surface area contributed by atoms with Crippen LogP contribution in [0.1, 0.15) is 11.1 Å². The van der Waals surface area contributed by atoms with Gasteiger partial charge in [-0.05, 0) is 12.1 Å². The van der Waals surface area contributed by atoms with Crippen LogP contribution in [0.5, 0.6) is 0 Å². The number of fused-ring (bicyclic) bond motifs is 1. The molecule has 5 nitrogen and oxygen atoms in total. The molecule has 0 aliphatic carbocycles. The lowest BCUT2D eigenvalue weighted by atomic mass is 10.2. The third-order valence-corrected chi connectivity index (χ3v) is 3.21. The van der Waals surface area contributed by atoms with E-state index in [-0.39, 0.29) is 5.01 Å². The van der Waals surface area contributed by atoms with Crippen LogP contribution in [0.2, 0.25) is 0 Å². The third kappa shape index (κ3) is 1.90. The van der Waals surface area contributed by atoms with E-state index in [1.54, 1.807) is 18.2 Å². The SMILES string of the molecule is O=C([O-])[C@@H](O)[C@H](O)c1nc2ccccc2s1. The number of thiazole rings is 1. The van der Waals surface area contributed by atoms with Crippen LogP contribution in [0.4, 0.5) is 0 Å². The Hall–Kier alpha value is -1.50. The Bertz CT molecular complexity index is 491. The highest BCUT2D eigenvalue weighted by Gasteiger charge is 2.22. The van der Waals surface area contributed by atoms with E-state index in [0.717, 1.165) is 16.0 Å². The predicted octanol–water partition coefficient (Wildman–Crippen LogP) is -0.560. The van der Waals surface area contributed by atoms with Gasteiger partial charge in [-0.25, -0.2) is 4.98 Å². The standard InChI is InChI=1S/C10H9NO4S/c12-7(8(13)10(14)15)9-11-5-3-1-2-4-6(5)16-9/h1-4,7-8,12-13H,(H,14,15)/p-1/t7-,8-/m0/s1. The molecule has 6 heteroatoms. The van der Waals surface area contributed by atoms with Gasteiger partial charge in [0.05, 0.1) is 16.2 Å². The topological polar surface area (TPSA) is 93.5 Å². The van der Waals surface area contributed by atoms with Gasteiger partial charge in [-0.2, -0.15) is 0 Å². The highest BCUT2D eigenvalue weighted by Crippen LogP contribution is 2.27. The second kappa shape index (κ2) is 4.17. The molecule has 0 fully saturated rings. The maximum Gasteiger partial charge on any atom is 0.137 e. The van der Waals surface area contributed by atoms with E-state index in [4.69, 9.17) is 5.11 Å². The lowest BCUT2D eigenvalue weighted by molar-refractivity contribution is -0.318. The van der Waals surface area contributed by atoms with Crippen molar-refractivity contribution in [3.63, 3.8) is 0 Å². The van der Waals surface area contributed by atoms with Gasteiger partial charge >= 0.3 is 0 Å². The van der Waals surface area contributed by atoms with Crippen molar-refractivity contribution in [2.45, 2.75) is 12.2 Å². The first kappa shape index (κ1) is 11.0. The lowest BCUT2D eigenvalue weighted by Crippen LogP contribution is -2.39. The minimum absolute atomic E-state index is 0.165. The van der Waals surface area contributed by atoms with Crippen molar-refractivity contribution in [1.29, 1.82) is 0 Å². The maximum absolute atomic E-state index is 10.4. The average molecular weight is 238 g/mol. The summed E-state index contributed by atoms with van der Waals surface area (Å²) in [6.45, 7) is 0. The van der Waals surface area contributed by atoms with E-state index in [9.17, 15) is 15.0 Å². The van der Waals surface area contributed by atoms with Gasteiger partial charge < -0.3 is 20.1 Å². The van der Waals surface area contributed by atoms with Crippen LogP contribution < -0.4 is 5.11 Å². The maximum atomic E-state index is 10.4. The molecule has 0 aliphatic heterocycles. The number of aliphatic hydroxyl groups is 2. The van der Waals surface area contributed by atoms with Crippen LogP contribution in [0, 0.1) is 0 Å². The number of carboxylic acids is 1. The van der Waals surface area contributed by atoms with Crippen LogP contribution in [0.3, 0.4) is 0 Å². The molecule has 0 amide bonds. The molecular weight excluding hydrogens is 230 g/mol. The Kier molecular flexibility index (Phi) is 2.86. The summed E-state index contributed by atoms with van der Waals surface area (Å²) in [5.41, 5.74) is 0.659. The van der Waals surface area contributed by atoms with Crippen molar-refractivity contribution in [2.75, 3.05) is 0 Å². The van der Waals surface area contributed by atoms with Gasteiger partial charge in [-0.1, -0.05) is 12.1 Å². The van der Waals surface area contributed by atoms with Crippen LogP contribution in [-0.2, 0) is 4.79 Å². The Labute approximate surface area is 94.6 Å². The Morgan fingerprint density at radius 1 is 1.38 bits per heavy atom. The molecule has 84 valence electrons. The molecular formula is C10H8NO4S-. The number of carbonyl (C=O) groups excluding carboxylic acids is 1. The summed E-state index contributed by atoms with van der Waals surface area (Å²) in [5, 5.41) is 29.2. The van der Waals surface area contributed by atoms with Gasteiger partial charge in [0, 0.05) is 0 Å². The first-order valence-electron chi connectivity index (χ1n) is 4.52. The summed E-state index contributed by atoms with van der Waals surface area (Å²) < 4.78 is 0.821. The van der Waals surface area contributed by atoms with Crippen LogP contribution in [0.25, 0.3) is 10.2 Å². The summed E-state index contributed by atoms with van der Waals surface area (Å²) in [6.07, 6.45) is -3.51. The molecule has 0 radical (unpaired) electrons. The molecule has 0 aliphatic rings. The van der Waals surface area contributed by atoms with Crippen LogP contribution in [0.15, 0.2) is 24.3 Å².